The molecule has 1 rings (SSSR count). The molecule has 1 aliphatic rings. The van der Waals surface area contributed by atoms with Gasteiger partial charge in [0.15, 0.2) is 0 Å². The fourth-order valence-corrected chi connectivity index (χ4v) is 2.15. The Morgan fingerprint density at radius 1 is 1.47 bits per heavy atom. The molecular weight excluding hydrogens is 186 g/mol. The average molecular weight is 213 g/mol. The number of hydrogen-bond acceptors (Lipinski definition) is 3. The van der Waals surface area contributed by atoms with Gasteiger partial charge in [0.1, 0.15) is 0 Å². The molecule has 0 aromatic heterocycles. The molecule has 1 saturated heterocycles. The van der Waals surface area contributed by atoms with E-state index < -0.39 is 0 Å². The minimum Gasteiger partial charge on any atom is -0.311 e. The van der Waals surface area contributed by atoms with E-state index in [1.165, 1.54) is 32.5 Å². The molecule has 0 radical (unpaired) electrons. The molecule has 0 saturated carbocycles. The maximum absolute atomic E-state index is 3.57. The average Bonchev–Trinajstić information content (AvgIpc) is 2.26. The monoisotopic (exact) mass is 213 g/mol. The van der Waals surface area contributed by atoms with Crippen LogP contribution in [0.1, 0.15) is 26.7 Å². The van der Waals surface area contributed by atoms with Crippen molar-refractivity contribution in [1.29, 1.82) is 0 Å². The van der Waals surface area contributed by atoms with Crippen molar-refractivity contribution in [3.8, 4) is 0 Å². The topological polar surface area (TPSA) is 18.5 Å². The summed E-state index contributed by atoms with van der Waals surface area (Å²) in [7, 11) is 4.30. The Morgan fingerprint density at radius 3 is 2.80 bits per heavy atom. The van der Waals surface area contributed by atoms with Crippen LogP contribution in [0.3, 0.4) is 0 Å². The molecule has 0 bridgehead atoms. The molecule has 3 nitrogen and oxygen atoms in total. The molecule has 0 aliphatic carbocycles. The molecule has 0 aromatic carbocycles. The van der Waals surface area contributed by atoms with Crippen molar-refractivity contribution in [3.05, 3.63) is 0 Å². The molecule has 0 spiro atoms. The number of piperazine rings is 1. The lowest BCUT2D eigenvalue weighted by atomic mass is 10.1. The van der Waals surface area contributed by atoms with Gasteiger partial charge in [0.2, 0.25) is 0 Å². The van der Waals surface area contributed by atoms with E-state index in [2.05, 4.69) is 43.1 Å². The van der Waals surface area contributed by atoms with Gasteiger partial charge in [-0.15, -0.1) is 0 Å². The summed E-state index contributed by atoms with van der Waals surface area (Å²) < 4.78 is 0. The third-order valence-corrected chi connectivity index (χ3v) is 3.40. The van der Waals surface area contributed by atoms with Crippen LogP contribution in [0, 0.1) is 0 Å². The maximum Gasteiger partial charge on any atom is 0.0193 e. The van der Waals surface area contributed by atoms with Crippen LogP contribution in [0.4, 0.5) is 0 Å². The zero-order valence-electron chi connectivity index (χ0n) is 10.8. The molecule has 2 atom stereocenters. The number of rotatable bonds is 5. The van der Waals surface area contributed by atoms with E-state index in [9.17, 15) is 0 Å². The Bertz CT molecular complexity index is 170. The summed E-state index contributed by atoms with van der Waals surface area (Å²) in [4.78, 5) is 4.91. The zero-order chi connectivity index (χ0) is 11.3. The van der Waals surface area contributed by atoms with Crippen LogP contribution in [-0.4, -0.2) is 62.2 Å². The molecular formula is C12H27N3. The first-order valence-electron chi connectivity index (χ1n) is 6.25. The van der Waals surface area contributed by atoms with Crippen LogP contribution in [0.5, 0.6) is 0 Å². The van der Waals surface area contributed by atoms with Crippen LogP contribution in [0.15, 0.2) is 0 Å². The molecule has 1 heterocycles. The lowest BCUT2D eigenvalue weighted by molar-refractivity contribution is 0.138. The van der Waals surface area contributed by atoms with E-state index in [0.29, 0.717) is 6.04 Å². The van der Waals surface area contributed by atoms with Crippen molar-refractivity contribution < 1.29 is 0 Å². The van der Waals surface area contributed by atoms with Gasteiger partial charge in [0.05, 0.1) is 0 Å². The van der Waals surface area contributed by atoms with Gasteiger partial charge in [-0.2, -0.15) is 0 Å². The predicted octanol–water partition coefficient (Wildman–Crippen LogP) is 1.01. The first-order chi connectivity index (χ1) is 7.13. The van der Waals surface area contributed by atoms with E-state index in [1.807, 2.05) is 0 Å². The second kappa shape index (κ2) is 6.46. The van der Waals surface area contributed by atoms with E-state index in [-0.39, 0.29) is 0 Å². The Kier molecular flexibility index (Phi) is 5.58. The van der Waals surface area contributed by atoms with Crippen LogP contribution in [0.2, 0.25) is 0 Å². The van der Waals surface area contributed by atoms with Crippen molar-refractivity contribution >= 4 is 0 Å². The third kappa shape index (κ3) is 4.49. The molecule has 1 fully saturated rings. The molecule has 0 amide bonds. The second-order valence-electron chi connectivity index (χ2n) is 5.00. The number of hydrogen-bond donors (Lipinski definition) is 1. The standard InChI is InChI=1S/C12H27N3/c1-5-12-10-15(9-7-13-12)11(2)6-8-14(3)4/h11-13H,5-10H2,1-4H3. The normalized spacial score (nSPS) is 25.8. The van der Waals surface area contributed by atoms with Gasteiger partial charge in [0.25, 0.3) is 0 Å². The van der Waals surface area contributed by atoms with Crippen molar-refractivity contribution in [2.24, 2.45) is 0 Å². The molecule has 0 aromatic rings. The molecule has 15 heavy (non-hydrogen) atoms. The highest BCUT2D eigenvalue weighted by Crippen LogP contribution is 2.09. The first-order valence-corrected chi connectivity index (χ1v) is 6.25. The van der Waals surface area contributed by atoms with Crippen molar-refractivity contribution in [3.63, 3.8) is 0 Å². The predicted molar refractivity (Wildman–Crippen MR) is 66.3 cm³/mol. The molecule has 3 heteroatoms. The highest BCUT2D eigenvalue weighted by molar-refractivity contribution is 4.80. The van der Waals surface area contributed by atoms with Crippen molar-refractivity contribution in [2.45, 2.75) is 38.8 Å². The summed E-state index contributed by atoms with van der Waals surface area (Å²) in [6.45, 7) is 9.43. The van der Waals surface area contributed by atoms with Crippen LogP contribution in [0.25, 0.3) is 0 Å². The van der Waals surface area contributed by atoms with Crippen molar-refractivity contribution in [1.82, 2.24) is 15.1 Å². The Hall–Kier alpha value is -0.120. The minimum atomic E-state index is 0.709. The van der Waals surface area contributed by atoms with Gasteiger partial charge in [0, 0.05) is 31.7 Å². The first kappa shape index (κ1) is 12.9. The highest BCUT2D eigenvalue weighted by atomic mass is 15.2. The van der Waals surface area contributed by atoms with Crippen LogP contribution < -0.4 is 5.32 Å². The summed E-state index contributed by atoms with van der Waals surface area (Å²) in [5.41, 5.74) is 0. The zero-order valence-corrected chi connectivity index (χ0v) is 10.8. The van der Waals surface area contributed by atoms with E-state index in [1.54, 1.807) is 0 Å². The van der Waals surface area contributed by atoms with E-state index in [0.717, 1.165) is 12.6 Å². The summed E-state index contributed by atoms with van der Waals surface area (Å²) in [5.74, 6) is 0. The van der Waals surface area contributed by atoms with Crippen LogP contribution in [-0.2, 0) is 0 Å². The smallest absolute Gasteiger partial charge is 0.0193 e. The lowest BCUT2D eigenvalue weighted by Gasteiger charge is -2.37. The van der Waals surface area contributed by atoms with Gasteiger partial charge in [-0.3, -0.25) is 4.90 Å². The number of nitrogens with zero attached hydrogens (tertiary/aromatic N) is 2. The Balaban J connectivity index is 2.28. The summed E-state index contributed by atoms with van der Waals surface area (Å²) in [6, 6.07) is 1.43. The van der Waals surface area contributed by atoms with E-state index in [4.69, 9.17) is 0 Å². The Labute approximate surface area is 94.8 Å². The fraction of sp³-hybridized carbons (Fsp3) is 1.00. The van der Waals surface area contributed by atoms with Gasteiger partial charge in [-0.25, -0.2) is 0 Å². The van der Waals surface area contributed by atoms with E-state index >= 15 is 0 Å². The fourth-order valence-electron chi connectivity index (χ4n) is 2.15. The highest BCUT2D eigenvalue weighted by Gasteiger charge is 2.21. The quantitative estimate of drug-likeness (QED) is 0.735. The summed E-state index contributed by atoms with van der Waals surface area (Å²) in [5, 5.41) is 3.57. The van der Waals surface area contributed by atoms with Gasteiger partial charge in [-0.05, 0) is 40.4 Å². The SMILES string of the molecule is CCC1CN(C(C)CCN(C)C)CCN1. The molecule has 1 aliphatic heterocycles. The van der Waals surface area contributed by atoms with Crippen molar-refractivity contribution in [2.75, 3.05) is 40.3 Å². The molecule has 1 N–H and O–H groups in total. The maximum atomic E-state index is 3.57. The van der Waals surface area contributed by atoms with Gasteiger partial charge >= 0.3 is 0 Å². The van der Waals surface area contributed by atoms with Gasteiger partial charge < -0.3 is 10.2 Å². The van der Waals surface area contributed by atoms with Gasteiger partial charge in [-0.1, -0.05) is 6.92 Å². The number of nitrogens with one attached hydrogen (secondary N) is 1. The van der Waals surface area contributed by atoms with Crippen LogP contribution >= 0.6 is 0 Å². The third-order valence-electron chi connectivity index (χ3n) is 3.40. The summed E-state index contributed by atoms with van der Waals surface area (Å²) in [6.07, 6.45) is 2.53. The largest absolute Gasteiger partial charge is 0.311 e. The lowest BCUT2D eigenvalue weighted by Crippen LogP contribution is -2.53. The molecule has 90 valence electrons. The second-order valence-corrected chi connectivity index (χ2v) is 5.00. The molecule has 2 unspecified atom stereocenters. The minimum absolute atomic E-state index is 0.709. The summed E-state index contributed by atoms with van der Waals surface area (Å²) >= 11 is 0. The Morgan fingerprint density at radius 2 is 2.20 bits per heavy atom.